The van der Waals surface area contributed by atoms with Crippen molar-refractivity contribution in [2.24, 2.45) is 17.4 Å². The average Bonchev–Trinajstić information content (AvgIpc) is 3.06. The molecule has 0 aliphatic carbocycles. The number of aromatic nitrogens is 3. The van der Waals surface area contributed by atoms with Crippen LogP contribution in [-0.2, 0) is 23.3 Å². The summed E-state index contributed by atoms with van der Waals surface area (Å²) in [7, 11) is 4.38. The number of halogens is 2. The molecule has 0 atom stereocenters. The number of benzene rings is 2. The summed E-state index contributed by atoms with van der Waals surface area (Å²) < 4.78 is 7.75. The second-order valence-corrected chi connectivity index (χ2v) is 6.94. The fourth-order valence-corrected chi connectivity index (χ4v) is 3.06. The van der Waals surface area contributed by atoms with Gasteiger partial charge in [-0.3, -0.25) is 0 Å². The fourth-order valence-electron chi connectivity index (χ4n) is 2.74. The molecule has 162 valence electrons. The first-order valence-corrected chi connectivity index (χ1v) is 9.73. The third kappa shape index (κ3) is 5.07. The van der Waals surface area contributed by atoms with Gasteiger partial charge in [0, 0.05) is 23.2 Å². The van der Waals surface area contributed by atoms with Crippen molar-refractivity contribution in [2.45, 2.75) is 6.61 Å². The van der Waals surface area contributed by atoms with E-state index < -0.39 is 0 Å². The molecule has 0 radical (unpaired) electrons. The highest BCUT2D eigenvalue weighted by molar-refractivity contribution is 6.85. The number of hydrogen-bond acceptors (Lipinski definition) is 7. The van der Waals surface area contributed by atoms with Crippen LogP contribution in [-0.4, -0.2) is 39.4 Å². The van der Waals surface area contributed by atoms with Gasteiger partial charge in [0.15, 0.2) is 10.9 Å². The van der Waals surface area contributed by atoms with E-state index >= 15 is 0 Å². The lowest BCUT2D eigenvalue weighted by Gasteiger charge is -2.10. The maximum Gasteiger partial charge on any atom is 0.353 e. The van der Waals surface area contributed by atoms with Crippen molar-refractivity contribution in [1.29, 1.82) is 0 Å². The number of ether oxygens (including phenoxy) is 1. The minimum atomic E-state index is -0.358. The lowest BCUT2D eigenvalue weighted by atomic mass is 10.1. The van der Waals surface area contributed by atoms with E-state index in [0.29, 0.717) is 21.8 Å². The van der Waals surface area contributed by atoms with Crippen LogP contribution < -0.4 is 10.4 Å². The Labute approximate surface area is 188 Å². The Morgan fingerprint density at radius 3 is 2.48 bits per heavy atom. The predicted molar refractivity (Wildman–Crippen MR) is 118 cm³/mol. The first-order chi connectivity index (χ1) is 15.0. The number of rotatable bonds is 8. The zero-order chi connectivity index (χ0) is 22.4. The summed E-state index contributed by atoms with van der Waals surface area (Å²) in [6.07, 6.45) is 0. The Bertz CT molecular complexity index is 1170. The third-order valence-corrected chi connectivity index (χ3v) is 4.67. The van der Waals surface area contributed by atoms with Crippen LogP contribution >= 0.6 is 23.2 Å². The molecule has 0 saturated heterocycles. The fraction of sp³-hybridized carbons (Fsp3) is 0.200. The Morgan fingerprint density at radius 2 is 1.81 bits per heavy atom. The molecule has 2 aromatic carbocycles. The molecule has 0 saturated carbocycles. The predicted octanol–water partition coefficient (Wildman–Crippen LogP) is 3.35. The van der Waals surface area contributed by atoms with E-state index in [4.69, 9.17) is 37.6 Å². The molecule has 31 heavy (non-hydrogen) atoms. The molecule has 3 aromatic rings. The largest absolute Gasteiger partial charge is 0.467 e. The lowest BCUT2D eigenvalue weighted by molar-refractivity contribution is 0.131. The van der Waals surface area contributed by atoms with Gasteiger partial charge in [0.2, 0.25) is 0 Å². The van der Waals surface area contributed by atoms with Crippen LogP contribution in [0.1, 0.15) is 11.1 Å². The maximum absolute atomic E-state index is 12.5. The molecule has 3 rings (SSSR count). The quantitative estimate of drug-likeness (QED) is 0.377. The summed E-state index contributed by atoms with van der Waals surface area (Å²) in [6.45, 7) is 0.0256. The minimum absolute atomic E-state index is 0.0159. The Kier molecular flexibility index (Phi) is 7.32. The molecule has 11 heteroatoms. The van der Waals surface area contributed by atoms with Gasteiger partial charge in [-0.05, 0) is 18.2 Å². The van der Waals surface area contributed by atoms with Gasteiger partial charge < -0.3 is 14.4 Å². The van der Waals surface area contributed by atoms with Crippen molar-refractivity contribution in [2.75, 3.05) is 14.2 Å². The second-order valence-electron chi connectivity index (χ2n) is 6.14. The zero-order valence-electron chi connectivity index (χ0n) is 17.0. The number of para-hydroxylation sites is 1. The summed E-state index contributed by atoms with van der Waals surface area (Å²) in [4.78, 5) is 22.8. The van der Waals surface area contributed by atoms with E-state index in [0.717, 1.165) is 0 Å². The van der Waals surface area contributed by atoms with Gasteiger partial charge >= 0.3 is 11.7 Å². The van der Waals surface area contributed by atoms with E-state index in [1.807, 2.05) is 6.07 Å². The Balaban J connectivity index is 1.85. The van der Waals surface area contributed by atoms with Gasteiger partial charge in [0.25, 0.3) is 0 Å². The monoisotopic (exact) mass is 463 g/mol. The molecule has 0 amide bonds. The molecule has 0 aliphatic rings. The van der Waals surface area contributed by atoms with Gasteiger partial charge in [-0.25, -0.2) is 14.0 Å². The highest BCUT2D eigenvalue weighted by Gasteiger charge is 2.17. The van der Waals surface area contributed by atoms with Crippen molar-refractivity contribution in [3.8, 4) is 11.7 Å². The van der Waals surface area contributed by atoms with Gasteiger partial charge in [0.05, 0.1) is 12.8 Å². The highest BCUT2D eigenvalue weighted by Crippen LogP contribution is 2.19. The molecule has 1 aromatic heterocycles. The van der Waals surface area contributed by atoms with Crippen molar-refractivity contribution in [3.63, 3.8) is 0 Å². The first-order valence-electron chi connectivity index (χ1n) is 8.97. The van der Waals surface area contributed by atoms with E-state index in [1.165, 1.54) is 30.5 Å². The summed E-state index contributed by atoms with van der Waals surface area (Å²) in [6, 6.07) is 14.2. The summed E-state index contributed by atoms with van der Waals surface area (Å²) in [5.41, 5.74) is 1.78. The third-order valence-electron chi connectivity index (χ3n) is 4.17. The molecular weight excluding hydrogens is 445 g/mol. The van der Waals surface area contributed by atoms with Gasteiger partial charge in [-0.2, -0.15) is 0 Å². The number of aryl methyl sites for hydroxylation is 1. The van der Waals surface area contributed by atoms with E-state index in [1.54, 1.807) is 42.5 Å². The zero-order valence-corrected chi connectivity index (χ0v) is 18.5. The lowest BCUT2D eigenvalue weighted by Crippen LogP contribution is -2.22. The second kappa shape index (κ2) is 10.1. The van der Waals surface area contributed by atoms with Crippen LogP contribution in [0.15, 0.2) is 63.6 Å². The van der Waals surface area contributed by atoms with Crippen LogP contribution in [0.2, 0.25) is 5.02 Å². The maximum atomic E-state index is 12.5. The van der Waals surface area contributed by atoms with Crippen molar-refractivity contribution in [1.82, 2.24) is 14.3 Å². The molecule has 0 aliphatic heterocycles. The summed E-state index contributed by atoms with van der Waals surface area (Å²) >= 11 is 12.2. The SMILES string of the molecule is CO/N=C(/C(Cl)=N/OCc1ccccc1-n1c(OC)nn(C)c1=O)c1ccc(Cl)cc1. The standard InChI is InChI=1S/C20H19Cl2N5O4/c1-26-20(28)27(19(23-26)29-2)16-7-5-4-6-14(16)12-31-25-18(22)17(24-30-3)13-8-10-15(21)11-9-13/h4-11H,12H2,1-3H3/b24-17+,25-18-. The normalized spacial score (nSPS) is 12.0. The molecule has 0 fully saturated rings. The Hall–Kier alpha value is -3.30. The summed E-state index contributed by atoms with van der Waals surface area (Å²) in [5, 5.41) is 12.5. The van der Waals surface area contributed by atoms with Gasteiger partial charge in [-0.15, -0.1) is 5.10 Å². The number of hydrogen-bond donors (Lipinski definition) is 0. The smallest absolute Gasteiger partial charge is 0.353 e. The van der Waals surface area contributed by atoms with Crippen LogP contribution in [0.25, 0.3) is 5.69 Å². The number of oxime groups is 2. The minimum Gasteiger partial charge on any atom is -0.467 e. The molecule has 0 unspecified atom stereocenters. The summed E-state index contributed by atoms with van der Waals surface area (Å²) in [5.74, 6) is 0. The molecule has 0 N–H and O–H groups in total. The van der Waals surface area contributed by atoms with Crippen LogP contribution in [0.4, 0.5) is 0 Å². The van der Waals surface area contributed by atoms with E-state index in [9.17, 15) is 4.79 Å². The average molecular weight is 464 g/mol. The number of methoxy groups -OCH3 is 1. The molecular formula is C20H19Cl2N5O4. The molecule has 1 heterocycles. The van der Waals surface area contributed by atoms with E-state index in [2.05, 4.69) is 15.4 Å². The van der Waals surface area contributed by atoms with Crippen LogP contribution in [0.3, 0.4) is 0 Å². The number of nitrogens with zero attached hydrogens (tertiary/aromatic N) is 5. The topological polar surface area (TPSA) is 92.2 Å². The van der Waals surface area contributed by atoms with Crippen LogP contribution in [0, 0.1) is 0 Å². The highest BCUT2D eigenvalue weighted by atomic mass is 35.5. The molecule has 0 bridgehead atoms. The van der Waals surface area contributed by atoms with Crippen molar-refractivity contribution >= 4 is 34.1 Å². The van der Waals surface area contributed by atoms with Crippen molar-refractivity contribution in [3.05, 3.63) is 75.2 Å². The van der Waals surface area contributed by atoms with Crippen molar-refractivity contribution < 1.29 is 14.4 Å². The molecule has 0 spiro atoms. The first kappa shape index (κ1) is 22.4. The van der Waals surface area contributed by atoms with Gasteiger partial charge in [-0.1, -0.05) is 63.8 Å². The Morgan fingerprint density at radius 1 is 1.10 bits per heavy atom. The van der Waals surface area contributed by atoms with Crippen LogP contribution in [0.5, 0.6) is 6.01 Å². The molecule has 9 nitrogen and oxygen atoms in total. The van der Waals surface area contributed by atoms with E-state index in [-0.39, 0.29) is 29.2 Å². The van der Waals surface area contributed by atoms with Gasteiger partial charge in [0.1, 0.15) is 13.7 Å².